The van der Waals surface area contributed by atoms with E-state index in [1.54, 1.807) is 36.4 Å². The Morgan fingerprint density at radius 3 is 2.44 bits per heavy atom. The lowest BCUT2D eigenvalue weighted by Gasteiger charge is -2.32. The topological polar surface area (TPSA) is 74.7 Å². The van der Waals surface area contributed by atoms with Crippen molar-refractivity contribution < 1.29 is 23.9 Å². The molecule has 1 aliphatic heterocycles. The van der Waals surface area contributed by atoms with Gasteiger partial charge >= 0.3 is 5.97 Å². The second-order valence-corrected chi connectivity index (χ2v) is 5.91. The number of halogens is 1. The van der Waals surface area contributed by atoms with Gasteiger partial charge in [0.05, 0.1) is 12.3 Å². The van der Waals surface area contributed by atoms with Crippen LogP contribution in [0.2, 0.25) is 0 Å². The number of nitrogens with zero attached hydrogens (tertiary/aromatic N) is 1. The largest absolute Gasteiger partial charge is 0.481 e. The number of benzene rings is 2. The first kappa shape index (κ1) is 16.8. The van der Waals surface area contributed by atoms with E-state index < -0.39 is 23.7 Å². The van der Waals surface area contributed by atoms with Crippen molar-refractivity contribution >= 4 is 17.8 Å². The van der Waals surface area contributed by atoms with Crippen LogP contribution in [0.15, 0.2) is 48.5 Å². The van der Waals surface area contributed by atoms with Gasteiger partial charge in [-0.1, -0.05) is 30.3 Å². The average Bonchev–Trinajstić information content (AvgIpc) is 2.60. The minimum atomic E-state index is -1.10. The molecule has 0 aromatic heterocycles. The van der Waals surface area contributed by atoms with Gasteiger partial charge in [-0.05, 0) is 35.7 Å². The number of hydrogen-bond donors (Lipinski definition) is 1. The second kappa shape index (κ2) is 6.84. The number of imide groups is 1. The van der Waals surface area contributed by atoms with Crippen molar-refractivity contribution in [2.24, 2.45) is 0 Å². The maximum Gasteiger partial charge on any atom is 0.304 e. The fraction of sp³-hybridized carbons (Fsp3) is 0.211. The molecule has 6 heteroatoms. The lowest BCUT2D eigenvalue weighted by molar-refractivity contribution is -0.141. The number of fused-ring (bicyclic) bond motifs is 1. The molecule has 1 unspecified atom stereocenters. The lowest BCUT2D eigenvalue weighted by atomic mass is 9.86. The zero-order valence-electron chi connectivity index (χ0n) is 13.3. The predicted octanol–water partition coefficient (Wildman–Crippen LogP) is 2.61. The molecule has 1 N–H and O–H groups in total. The molecule has 0 saturated carbocycles. The predicted molar refractivity (Wildman–Crippen MR) is 87.6 cm³/mol. The number of rotatable bonds is 5. The van der Waals surface area contributed by atoms with Gasteiger partial charge in [-0.2, -0.15) is 0 Å². The van der Waals surface area contributed by atoms with Gasteiger partial charge < -0.3 is 5.11 Å². The molecule has 1 atom stereocenters. The number of hydrogen-bond acceptors (Lipinski definition) is 3. The monoisotopic (exact) mass is 341 g/mol. The summed E-state index contributed by atoms with van der Waals surface area (Å²) in [4.78, 5) is 37.6. The molecule has 3 rings (SSSR count). The summed E-state index contributed by atoms with van der Waals surface area (Å²) < 4.78 is 13.0. The summed E-state index contributed by atoms with van der Waals surface area (Å²) in [7, 11) is 0. The van der Waals surface area contributed by atoms with Gasteiger partial charge in [-0.3, -0.25) is 19.3 Å². The quantitative estimate of drug-likeness (QED) is 0.849. The van der Waals surface area contributed by atoms with E-state index in [-0.39, 0.29) is 18.8 Å². The van der Waals surface area contributed by atoms with E-state index in [0.717, 1.165) is 10.5 Å². The van der Waals surface area contributed by atoms with E-state index >= 15 is 0 Å². The summed E-state index contributed by atoms with van der Waals surface area (Å²) in [6.45, 7) is 0.119. The zero-order chi connectivity index (χ0) is 18.0. The Bertz CT molecular complexity index is 832. The third-order valence-electron chi connectivity index (χ3n) is 4.29. The van der Waals surface area contributed by atoms with Crippen LogP contribution in [0.25, 0.3) is 0 Å². The maximum atomic E-state index is 13.0. The van der Waals surface area contributed by atoms with Gasteiger partial charge in [-0.15, -0.1) is 0 Å². The summed E-state index contributed by atoms with van der Waals surface area (Å²) in [5, 5.41) is 9.10. The molecule has 1 heterocycles. The molecule has 1 aliphatic rings. The second-order valence-electron chi connectivity index (χ2n) is 5.91. The SMILES string of the molecule is O=C(O)CC1C(=O)N(CCc2ccc(F)cc2)C(=O)c2ccccc21. The third kappa shape index (κ3) is 3.42. The van der Waals surface area contributed by atoms with Crippen molar-refractivity contribution in [2.75, 3.05) is 6.54 Å². The van der Waals surface area contributed by atoms with Crippen LogP contribution in [-0.2, 0) is 16.0 Å². The van der Waals surface area contributed by atoms with Gasteiger partial charge in [0.2, 0.25) is 5.91 Å². The highest BCUT2D eigenvalue weighted by molar-refractivity contribution is 6.12. The summed E-state index contributed by atoms with van der Waals surface area (Å²) in [5.74, 6) is -3.26. The summed E-state index contributed by atoms with van der Waals surface area (Å²) in [6.07, 6.45) is 0.00981. The van der Waals surface area contributed by atoms with Crippen molar-refractivity contribution in [2.45, 2.75) is 18.8 Å². The molecule has 2 aromatic carbocycles. The van der Waals surface area contributed by atoms with Crippen LogP contribution in [0.4, 0.5) is 4.39 Å². The Morgan fingerprint density at radius 2 is 1.76 bits per heavy atom. The smallest absolute Gasteiger partial charge is 0.304 e. The summed E-state index contributed by atoms with van der Waals surface area (Å²) in [5.41, 5.74) is 1.60. The molecule has 0 bridgehead atoms. The molecule has 0 aliphatic carbocycles. The van der Waals surface area contributed by atoms with E-state index in [1.165, 1.54) is 12.1 Å². The van der Waals surface area contributed by atoms with Crippen LogP contribution in [-0.4, -0.2) is 34.3 Å². The molecule has 25 heavy (non-hydrogen) atoms. The van der Waals surface area contributed by atoms with Crippen molar-refractivity contribution in [3.63, 3.8) is 0 Å². The van der Waals surface area contributed by atoms with E-state index in [2.05, 4.69) is 0 Å². The van der Waals surface area contributed by atoms with Crippen molar-refractivity contribution in [1.82, 2.24) is 4.90 Å². The Morgan fingerprint density at radius 1 is 1.08 bits per heavy atom. The number of carbonyl (C=O) groups excluding carboxylic acids is 2. The Kier molecular flexibility index (Phi) is 4.61. The summed E-state index contributed by atoms with van der Waals surface area (Å²) in [6, 6.07) is 12.4. The van der Waals surface area contributed by atoms with Crippen LogP contribution in [0.1, 0.15) is 33.8 Å². The van der Waals surface area contributed by atoms with Gasteiger partial charge in [0.25, 0.3) is 5.91 Å². The number of carboxylic acids is 1. The highest BCUT2D eigenvalue weighted by Crippen LogP contribution is 2.31. The number of aliphatic carboxylic acids is 1. The van der Waals surface area contributed by atoms with Crippen LogP contribution < -0.4 is 0 Å². The van der Waals surface area contributed by atoms with Crippen LogP contribution in [0.3, 0.4) is 0 Å². The molecular weight excluding hydrogens is 325 g/mol. The first-order valence-electron chi connectivity index (χ1n) is 7.88. The molecule has 0 saturated heterocycles. The van der Waals surface area contributed by atoms with E-state index in [0.29, 0.717) is 17.5 Å². The number of carboxylic acid groups (broad SMARTS) is 1. The van der Waals surface area contributed by atoms with Crippen LogP contribution in [0.5, 0.6) is 0 Å². The number of amides is 2. The fourth-order valence-corrected chi connectivity index (χ4v) is 3.04. The third-order valence-corrected chi connectivity index (χ3v) is 4.29. The Labute approximate surface area is 143 Å². The molecular formula is C19H16FNO4. The molecule has 0 radical (unpaired) electrons. The molecule has 128 valence electrons. The molecule has 5 nitrogen and oxygen atoms in total. The Balaban J connectivity index is 1.86. The van der Waals surface area contributed by atoms with Crippen molar-refractivity contribution in [3.05, 3.63) is 71.0 Å². The fourth-order valence-electron chi connectivity index (χ4n) is 3.04. The summed E-state index contributed by atoms with van der Waals surface area (Å²) >= 11 is 0. The van der Waals surface area contributed by atoms with Gasteiger partial charge in [0, 0.05) is 12.1 Å². The molecule has 2 aromatic rings. The molecule has 2 amide bonds. The van der Waals surface area contributed by atoms with Gasteiger partial charge in [0.1, 0.15) is 5.82 Å². The highest BCUT2D eigenvalue weighted by atomic mass is 19.1. The van der Waals surface area contributed by atoms with E-state index in [9.17, 15) is 18.8 Å². The van der Waals surface area contributed by atoms with Gasteiger partial charge in [-0.25, -0.2) is 4.39 Å². The van der Waals surface area contributed by atoms with E-state index in [1.807, 2.05) is 0 Å². The van der Waals surface area contributed by atoms with Crippen LogP contribution >= 0.6 is 0 Å². The van der Waals surface area contributed by atoms with E-state index in [4.69, 9.17) is 5.11 Å². The first-order valence-corrected chi connectivity index (χ1v) is 7.88. The Hall–Kier alpha value is -3.02. The number of carbonyl (C=O) groups is 3. The zero-order valence-corrected chi connectivity index (χ0v) is 13.3. The maximum absolute atomic E-state index is 13.0. The first-order chi connectivity index (χ1) is 12.0. The minimum Gasteiger partial charge on any atom is -0.481 e. The normalized spacial score (nSPS) is 16.7. The van der Waals surface area contributed by atoms with Gasteiger partial charge in [0.15, 0.2) is 0 Å². The lowest BCUT2D eigenvalue weighted by Crippen LogP contribution is -2.46. The highest BCUT2D eigenvalue weighted by Gasteiger charge is 2.39. The van der Waals surface area contributed by atoms with Crippen molar-refractivity contribution in [1.29, 1.82) is 0 Å². The minimum absolute atomic E-state index is 0.119. The average molecular weight is 341 g/mol. The molecule has 0 fully saturated rings. The van der Waals surface area contributed by atoms with Crippen LogP contribution in [0, 0.1) is 5.82 Å². The standard InChI is InChI=1S/C19H16FNO4/c20-13-7-5-12(6-8-13)9-10-21-18(24)15-4-2-1-3-14(15)16(19(21)25)11-17(22)23/h1-8,16H,9-11H2,(H,22,23). The molecule has 0 spiro atoms. The van der Waals surface area contributed by atoms with Crippen molar-refractivity contribution in [3.8, 4) is 0 Å².